The van der Waals surface area contributed by atoms with Gasteiger partial charge in [-0.15, -0.1) is 0 Å². The Morgan fingerprint density at radius 2 is 1.97 bits per heavy atom. The maximum atomic E-state index is 14.4. The van der Waals surface area contributed by atoms with Crippen LogP contribution in [0.2, 0.25) is 0 Å². The van der Waals surface area contributed by atoms with Gasteiger partial charge in [-0.2, -0.15) is 5.10 Å². The highest BCUT2D eigenvalue weighted by molar-refractivity contribution is 9.10. The first-order valence-electron chi connectivity index (χ1n) is 8.50. The number of aromatic carboxylic acids is 1. The monoisotopic (exact) mass is 459 g/mol. The van der Waals surface area contributed by atoms with Crippen LogP contribution in [0, 0.1) is 5.82 Å². The van der Waals surface area contributed by atoms with Gasteiger partial charge in [-0.05, 0) is 43.3 Å². The van der Waals surface area contributed by atoms with Crippen molar-refractivity contribution in [3.05, 3.63) is 74.2 Å². The number of rotatable bonds is 6. The minimum absolute atomic E-state index is 0.0512. The van der Waals surface area contributed by atoms with Crippen molar-refractivity contribution in [2.24, 2.45) is 5.10 Å². The van der Waals surface area contributed by atoms with Crippen LogP contribution in [0.15, 0.2) is 57.0 Å². The Kier molecular flexibility index (Phi) is 5.88. The molecule has 148 valence electrons. The zero-order chi connectivity index (χ0) is 21.1. The quantitative estimate of drug-likeness (QED) is 0.330. The fraction of sp³-hybridized carbons (Fsp3) is 0.100. The molecule has 2 aromatic carbocycles. The van der Waals surface area contributed by atoms with Crippen molar-refractivity contribution < 1.29 is 19.1 Å². The number of carboxylic acids is 1. The first-order chi connectivity index (χ1) is 13.8. The molecule has 0 fully saturated rings. The van der Waals surface area contributed by atoms with Crippen LogP contribution in [0.25, 0.3) is 10.9 Å². The molecule has 1 heterocycles. The number of halogens is 2. The van der Waals surface area contributed by atoms with Gasteiger partial charge in [-0.1, -0.05) is 15.9 Å². The van der Waals surface area contributed by atoms with E-state index in [2.05, 4.69) is 26.5 Å². The Morgan fingerprint density at radius 1 is 1.28 bits per heavy atom. The number of carboxylic acid groups (broad SMARTS) is 1. The highest BCUT2D eigenvalue weighted by Gasteiger charge is 2.16. The van der Waals surface area contributed by atoms with Crippen molar-refractivity contribution in [2.45, 2.75) is 13.5 Å². The van der Waals surface area contributed by atoms with Gasteiger partial charge in [0.15, 0.2) is 0 Å². The largest absolute Gasteiger partial charge is 0.477 e. The predicted molar refractivity (Wildman–Crippen MR) is 111 cm³/mol. The lowest BCUT2D eigenvalue weighted by Crippen LogP contribution is -2.19. The number of ketones is 1. The fourth-order valence-electron chi connectivity index (χ4n) is 2.76. The number of nitrogens with zero attached hydrogens (tertiary/aromatic N) is 2. The summed E-state index contributed by atoms with van der Waals surface area (Å²) in [4.78, 5) is 35.7. The number of hydrazone groups is 1. The molecule has 0 bridgehead atoms. The lowest BCUT2D eigenvalue weighted by molar-refractivity contribution is 0.0694. The van der Waals surface area contributed by atoms with E-state index in [-0.39, 0.29) is 16.9 Å². The van der Waals surface area contributed by atoms with Crippen LogP contribution in [0.1, 0.15) is 27.6 Å². The Bertz CT molecular complexity index is 1200. The third kappa shape index (κ3) is 4.24. The van der Waals surface area contributed by atoms with Crippen LogP contribution in [0.3, 0.4) is 0 Å². The molecule has 1 aromatic heterocycles. The fourth-order valence-corrected chi connectivity index (χ4v) is 3.02. The van der Waals surface area contributed by atoms with Crippen molar-refractivity contribution in [3.63, 3.8) is 0 Å². The maximum Gasteiger partial charge on any atom is 0.341 e. The molecule has 0 radical (unpaired) electrons. The van der Waals surface area contributed by atoms with Gasteiger partial charge in [-0.25, -0.2) is 9.18 Å². The summed E-state index contributed by atoms with van der Waals surface area (Å²) in [6.45, 7) is 2.13. The number of fused-ring (bicyclic) bond motifs is 1. The van der Waals surface area contributed by atoms with Crippen LogP contribution >= 0.6 is 15.9 Å². The highest BCUT2D eigenvalue weighted by Crippen LogP contribution is 2.22. The van der Waals surface area contributed by atoms with Gasteiger partial charge >= 0.3 is 5.97 Å². The zero-order valence-electron chi connectivity index (χ0n) is 15.1. The number of hydrogen-bond acceptors (Lipinski definition) is 5. The molecule has 3 aromatic rings. The summed E-state index contributed by atoms with van der Waals surface area (Å²) in [5, 5.41) is 12.9. The summed E-state index contributed by atoms with van der Waals surface area (Å²) in [6.07, 6.45) is 2.24. The second kappa shape index (κ2) is 8.36. The summed E-state index contributed by atoms with van der Waals surface area (Å²) in [5.41, 5.74) is 1.97. The topological polar surface area (TPSA) is 101 Å². The Morgan fingerprint density at radius 3 is 2.59 bits per heavy atom. The molecule has 29 heavy (non-hydrogen) atoms. The molecule has 0 spiro atoms. The molecule has 0 aliphatic carbocycles. The van der Waals surface area contributed by atoms with Crippen LogP contribution in [0.5, 0.6) is 0 Å². The first-order valence-corrected chi connectivity index (χ1v) is 9.30. The summed E-state index contributed by atoms with van der Waals surface area (Å²) in [6, 6.07) is 8.98. The molecule has 9 heteroatoms. The average Bonchev–Trinajstić information content (AvgIpc) is 2.69. The second-order valence-corrected chi connectivity index (χ2v) is 6.97. The molecule has 3 rings (SSSR count). The van der Waals surface area contributed by atoms with E-state index in [0.29, 0.717) is 17.6 Å². The number of carbonyl (C=O) groups excluding carboxylic acids is 1. The molecule has 7 nitrogen and oxygen atoms in total. The van der Waals surface area contributed by atoms with Gasteiger partial charge in [0.2, 0.25) is 11.2 Å². The van der Waals surface area contributed by atoms with Gasteiger partial charge in [0.05, 0.1) is 17.4 Å². The number of aromatic nitrogens is 1. The SMILES string of the molecule is CCn1cc(C(=O)O)c(=O)c2cc(F)c(N/N=C\C(=O)c3ccc(Br)cc3)cc21. The van der Waals surface area contributed by atoms with E-state index in [9.17, 15) is 23.9 Å². The van der Waals surface area contributed by atoms with Gasteiger partial charge in [0, 0.05) is 28.2 Å². The molecule has 0 saturated carbocycles. The minimum Gasteiger partial charge on any atom is -0.477 e. The van der Waals surface area contributed by atoms with E-state index in [1.54, 1.807) is 31.2 Å². The number of pyridine rings is 1. The normalized spacial score (nSPS) is 11.1. The predicted octanol–water partition coefficient (Wildman–Crippen LogP) is 3.90. The number of benzene rings is 2. The lowest BCUT2D eigenvalue weighted by atomic mass is 10.1. The molecular weight excluding hydrogens is 445 g/mol. The standard InChI is InChI=1S/C20H15BrFN3O4/c1-2-25-10-14(20(28)29)19(27)13-7-15(22)16(8-17(13)25)24-23-9-18(26)11-3-5-12(21)6-4-11/h3-10,24H,2H2,1H3,(H,28,29)/b23-9-. The van der Waals surface area contributed by atoms with Gasteiger partial charge in [0.25, 0.3) is 0 Å². The number of anilines is 1. The van der Waals surface area contributed by atoms with E-state index < -0.39 is 22.8 Å². The van der Waals surface area contributed by atoms with Crippen molar-refractivity contribution >= 4 is 50.5 Å². The molecule has 0 aliphatic rings. The van der Waals surface area contributed by atoms with E-state index in [1.165, 1.54) is 16.8 Å². The average molecular weight is 460 g/mol. The Hall–Kier alpha value is -3.33. The van der Waals surface area contributed by atoms with E-state index >= 15 is 0 Å². The third-order valence-corrected chi connectivity index (χ3v) is 4.76. The number of Topliss-reactive ketones (excluding diaryl/α,β-unsaturated/α-hetero) is 1. The van der Waals surface area contributed by atoms with Crippen LogP contribution in [-0.4, -0.2) is 27.6 Å². The van der Waals surface area contributed by atoms with E-state index in [0.717, 1.165) is 16.8 Å². The number of nitrogens with one attached hydrogen (secondary N) is 1. The third-order valence-electron chi connectivity index (χ3n) is 4.24. The lowest BCUT2D eigenvalue weighted by Gasteiger charge is -2.12. The Labute approximate surface area is 172 Å². The van der Waals surface area contributed by atoms with Crippen molar-refractivity contribution in [3.8, 4) is 0 Å². The summed E-state index contributed by atoms with van der Waals surface area (Å²) >= 11 is 3.28. The zero-order valence-corrected chi connectivity index (χ0v) is 16.7. The molecule has 0 aliphatic heterocycles. The smallest absolute Gasteiger partial charge is 0.341 e. The van der Waals surface area contributed by atoms with Crippen LogP contribution in [-0.2, 0) is 6.54 Å². The molecule has 0 atom stereocenters. The summed E-state index contributed by atoms with van der Waals surface area (Å²) in [7, 11) is 0. The highest BCUT2D eigenvalue weighted by atomic mass is 79.9. The number of aryl methyl sites for hydroxylation is 1. The van der Waals surface area contributed by atoms with Crippen molar-refractivity contribution in [1.82, 2.24) is 4.57 Å². The molecule has 2 N–H and O–H groups in total. The number of carbonyl (C=O) groups is 2. The van der Waals surface area contributed by atoms with Gasteiger partial charge in [0.1, 0.15) is 11.4 Å². The van der Waals surface area contributed by atoms with E-state index in [4.69, 9.17) is 0 Å². The number of hydrogen-bond donors (Lipinski definition) is 2. The van der Waals surface area contributed by atoms with E-state index in [1.807, 2.05) is 0 Å². The summed E-state index contributed by atoms with van der Waals surface area (Å²) < 4.78 is 16.8. The first kappa shape index (κ1) is 20.4. The maximum absolute atomic E-state index is 14.4. The van der Waals surface area contributed by atoms with Crippen LogP contribution < -0.4 is 10.9 Å². The summed E-state index contributed by atoms with van der Waals surface area (Å²) in [5.74, 6) is -2.55. The molecule has 0 amide bonds. The van der Waals surface area contributed by atoms with Crippen molar-refractivity contribution in [1.29, 1.82) is 0 Å². The molecular formula is C20H15BrFN3O4. The van der Waals surface area contributed by atoms with Crippen LogP contribution in [0.4, 0.5) is 10.1 Å². The van der Waals surface area contributed by atoms with Crippen molar-refractivity contribution in [2.75, 3.05) is 5.43 Å². The second-order valence-electron chi connectivity index (χ2n) is 6.05. The Balaban J connectivity index is 1.94. The van der Waals surface area contributed by atoms with Gasteiger partial charge < -0.3 is 9.67 Å². The molecule has 0 saturated heterocycles. The molecule has 0 unspecified atom stereocenters. The van der Waals surface area contributed by atoms with Gasteiger partial charge in [-0.3, -0.25) is 15.0 Å². The minimum atomic E-state index is -1.38.